The predicted octanol–water partition coefficient (Wildman–Crippen LogP) is 3.19. The number of H-pyrrole nitrogens is 1. The molecule has 2 heterocycles. The van der Waals surface area contributed by atoms with Crippen LogP contribution in [0.1, 0.15) is 17.2 Å². The number of aryl methyl sites for hydroxylation is 2. The first kappa shape index (κ1) is 11.7. The number of aromatic nitrogens is 3. The second kappa shape index (κ2) is 4.72. The number of hydrogen-bond acceptors (Lipinski definition) is 3. The molecule has 0 aliphatic rings. The number of para-hydroxylation sites is 1. The molecule has 2 N–H and O–H groups in total. The maximum atomic E-state index is 4.60. The first-order valence-corrected chi connectivity index (χ1v) is 6.33. The fourth-order valence-corrected chi connectivity index (χ4v) is 2.14. The van der Waals surface area contributed by atoms with Gasteiger partial charge in [0.05, 0.1) is 29.6 Å². The Kier molecular flexibility index (Phi) is 2.91. The van der Waals surface area contributed by atoms with Crippen LogP contribution in [0.15, 0.2) is 36.5 Å². The minimum absolute atomic E-state index is 0.718. The lowest BCUT2D eigenvalue weighted by Crippen LogP contribution is -2.01. The Morgan fingerprint density at radius 2 is 2.05 bits per heavy atom. The third kappa shape index (κ3) is 2.42. The number of anilines is 1. The summed E-state index contributed by atoms with van der Waals surface area (Å²) in [6.07, 6.45) is 1.85. The van der Waals surface area contributed by atoms with Gasteiger partial charge in [0, 0.05) is 11.1 Å². The van der Waals surface area contributed by atoms with Gasteiger partial charge >= 0.3 is 0 Å². The third-order valence-electron chi connectivity index (χ3n) is 3.08. The van der Waals surface area contributed by atoms with Gasteiger partial charge in [0.25, 0.3) is 0 Å². The highest BCUT2D eigenvalue weighted by Crippen LogP contribution is 2.22. The zero-order valence-corrected chi connectivity index (χ0v) is 11.1. The van der Waals surface area contributed by atoms with Crippen molar-refractivity contribution in [2.24, 2.45) is 0 Å². The summed E-state index contributed by atoms with van der Waals surface area (Å²) in [5.74, 6) is 0.934. The van der Waals surface area contributed by atoms with Gasteiger partial charge in [-0.05, 0) is 26.0 Å². The van der Waals surface area contributed by atoms with Crippen LogP contribution >= 0.6 is 0 Å². The molecule has 0 atom stereocenters. The maximum Gasteiger partial charge on any atom is 0.103 e. The number of aromatic amines is 1. The van der Waals surface area contributed by atoms with Gasteiger partial charge in [0.1, 0.15) is 5.82 Å². The van der Waals surface area contributed by atoms with Crippen molar-refractivity contribution in [3.63, 3.8) is 0 Å². The van der Waals surface area contributed by atoms with E-state index in [1.807, 2.05) is 32.2 Å². The lowest BCUT2D eigenvalue weighted by molar-refractivity contribution is 1.05. The molecular formula is C15H16N4. The van der Waals surface area contributed by atoms with Crippen molar-refractivity contribution in [3.05, 3.63) is 53.7 Å². The quantitative estimate of drug-likeness (QED) is 0.752. The minimum Gasteiger partial charge on any atom is -0.378 e. The van der Waals surface area contributed by atoms with Gasteiger partial charge in [-0.2, -0.15) is 0 Å². The van der Waals surface area contributed by atoms with Crippen molar-refractivity contribution in [1.29, 1.82) is 0 Å². The Morgan fingerprint density at radius 1 is 1.16 bits per heavy atom. The second-order valence-corrected chi connectivity index (χ2v) is 4.68. The minimum atomic E-state index is 0.718. The summed E-state index contributed by atoms with van der Waals surface area (Å²) in [5, 5.41) is 4.56. The molecule has 3 rings (SSSR count). The van der Waals surface area contributed by atoms with Crippen molar-refractivity contribution >= 4 is 16.6 Å². The fourth-order valence-electron chi connectivity index (χ4n) is 2.14. The van der Waals surface area contributed by atoms with Gasteiger partial charge in [0.2, 0.25) is 0 Å². The maximum absolute atomic E-state index is 4.60. The molecule has 19 heavy (non-hydrogen) atoms. The third-order valence-corrected chi connectivity index (χ3v) is 3.08. The standard InChI is InChI=1S/C15H16N4/c1-10-6-7-12-4-3-5-14(15(12)18-10)17-9-13-8-16-11(2)19-13/h3-8,17H,9H2,1-2H3,(H,16,19). The molecule has 96 valence electrons. The van der Waals surface area contributed by atoms with E-state index in [-0.39, 0.29) is 0 Å². The normalized spacial score (nSPS) is 10.8. The molecule has 0 spiro atoms. The van der Waals surface area contributed by atoms with Gasteiger partial charge < -0.3 is 10.3 Å². The monoisotopic (exact) mass is 252 g/mol. The molecule has 4 nitrogen and oxygen atoms in total. The largest absolute Gasteiger partial charge is 0.378 e. The summed E-state index contributed by atoms with van der Waals surface area (Å²) in [4.78, 5) is 12.0. The molecule has 2 aromatic heterocycles. The van der Waals surface area contributed by atoms with Gasteiger partial charge in [0.15, 0.2) is 0 Å². The zero-order chi connectivity index (χ0) is 13.2. The first-order chi connectivity index (χ1) is 9.22. The molecule has 0 aliphatic carbocycles. The summed E-state index contributed by atoms with van der Waals surface area (Å²) in [5.41, 5.74) is 4.16. The summed E-state index contributed by atoms with van der Waals surface area (Å²) in [6.45, 7) is 4.68. The zero-order valence-electron chi connectivity index (χ0n) is 11.1. The Balaban J connectivity index is 1.90. The summed E-state index contributed by atoms with van der Waals surface area (Å²) < 4.78 is 0. The van der Waals surface area contributed by atoms with Gasteiger partial charge in [-0.25, -0.2) is 4.98 Å². The molecular weight excluding hydrogens is 236 g/mol. The van der Waals surface area contributed by atoms with E-state index in [9.17, 15) is 0 Å². The lowest BCUT2D eigenvalue weighted by Gasteiger charge is -2.08. The molecule has 0 unspecified atom stereocenters. The number of nitrogens with one attached hydrogen (secondary N) is 2. The Labute approximate surface area is 111 Å². The number of hydrogen-bond donors (Lipinski definition) is 2. The summed E-state index contributed by atoms with van der Waals surface area (Å²) in [6, 6.07) is 10.3. The highest BCUT2D eigenvalue weighted by Gasteiger charge is 2.03. The molecule has 0 saturated carbocycles. The summed E-state index contributed by atoms with van der Waals surface area (Å²) >= 11 is 0. The van der Waals surface area contributed by atoms with Crippen LogP contribution < -0.4 is 5.32 Å². The van der Waals surface area contributed by atoms with E-state index in [1.54, 1.807) is 0 Å². The van der Waals surface area contributed by atoms with Crippen molar-refractivity contribution in [1.82, 2.24) is 15.0 Å². The summed E-state index contributed by atoms with van der Waals surface area (Å²) in [7, 11) is 0. The highest BCUT2D eigenvalue weighted by atomic mass is 15.0. The number of nitrogens with zero attached hydrogens (tertiary/aromatic N) is 2. The number of rotatable bonds is 3. The topological polar surface area (TPSA) is 53.6 Å². The highest BCUT2D eigenvalue weighted by molar-refractivity contribution is 5.90. The van der Waals surface area contributed by atoms with E-state index in [0.717, 1.165) is 40.3 Å². The predicted molar refractivity (Wildman–Crippen MR) is 77.1 cm³/mol. The van der Waals surface area contributed by atoms with Gasteiger partial charge in [-0.3, -0.25) is 4.98 Å². The van der Waals surface area contributed by atoms with Crippen molar-refractivity contribution in [2.45, 2.75) is 20.4 Å². The van der Waals surface area contributed by atoms with Crippen molar-refractivity contribution in [3.8, 4) is 0 Å². The van der Waals surface area contributed by atoms with E-state index in [0.29, 0.717) is 0 Å². The molecule has 0 aliphatic heterocycles. The molecule has 4 heteroatoms. The van der Waals surface area contributed by atoms with Crippen LogP contribution in [0.25, 0.3) is 10.9 Å². The average molecular weight is 252 g/mol. The molecule has 3 aromatic rings. The Morgan fingerprint density at radius 3 is 2.84 bits per heavy atom. The fraction of sp³-hybridized carbons (Fsp3) is 0.200. The van der Waals surface area contributed by atoms with Crippen LogP contribution in [-0.2, 0) is 6.54 Å². The number of imidazole rings is 1. The van der Waals surface area contributed by atoms with Crippen molar-refractivity contribution in [2.75, 3.05) is 5.32 Å². The lowest BCUT2D eigenvalue weighted by atomic mass is 10.1. The van der Waals surface area contributed by atoms with E-state index in [1.165, 1.54) is 0 Å². The van der Waals surface area contributed by atoms with E-state index in [4.69, 9.17) is 0 Å². The number of fused-ring (bicyclic) bond motifs is 1. The van der Waals surface area contributed by atoms with Crippen molar-refractivity contribution < 1.29 is 0 Å². The smallest absolute Gasteiger partial charge is 0.103 e. The van der Waals surface area contributed by atoms with Crippen LogP contribution in [0, 0.1) is 13.8 Å². The SMILES string of the molecule is Cc1ccc2cccc(NCc3cnc(C)[nH]3)c2n1. The average Bonchev–Trinajstić information content (AvgIpc) is 2.82. The molecule has 0 amide bonds. The van der Waals surface area contributed by atoms with Crippen LogP contribution in [0.3, 0.4) is 0 Å². The van der Waals surface area contributed by atoms with E-state index < -0.39 is 0 Å². The van der Waals surface area contributed by atoms with Gasteiger partial charge in [-0.15, -0.1) is 0 Å². The second-order valence-electron chi connectivity index (χ2n) is 4.68. The molecule has 0 fully saturated rings. The van der Waals surface area contributed by atoms with Crippen LogP contribution in [-0.4, -0.2) is 15.0 Å². The number of benzene rings is 1. The molecule has 1 aromatic carbocycles. The number of pyridine rings is 1. The Hall–Kier alpha value is -2.36. The molecule has 0 radical (unpaired) electrons. The van der Waals surface area contributed by atoms with Crippen LogP contribution in [0.4, 0.5) is 5.69 Å². The van der Waals surface area contributed by atoms with Crippen LogP contribution in [0.2, 0.25) is 0 Å². The van der Waals surface area contributed by atoms with E-state index in [2.05, 4.69) is 38.5 Å². The van der Waals surface area contributed by atoms with Gasteiger partial charge in [-0.1, -0.05) is 18.2 Å². The molecule has 0 saturated heterocycles. The first-order valence-electron chi connectivity index (χ1n) is 6.33. The molecule has 0 bridgehead atoms. The Bertz CT molecular complexity index is 715. The van der Waals surface area contributed by atoms with Crippen LogP contribution in [0.5, 0.6) is 0 Å². The van der Waals surface area contributed by atoms with E-state index >= 15 is 0 Å².